The molecule has 18 heavy (non-hydrogen) atoms. The lowest BCUT2D eigenvalue weighted by molar-refractivity contribution is -0.159. The van der Waals surface area contributed by atoms with Crippen molar-refractivity contribution in [1.82, 2.24) is 0 Å². The molecule has 0 aliphatic heterocycles. The van der Waals surface area contributed by atoms with Crippen LogP contribution in [0.5, 0.6) is 0 Å². The second-order valence-corrected chi connectivity index (χ2v) is 5.10. The first kappa shape index (κ1) is 17.4. The fourth-order valence-electron chi connectivity index (χ4n) is 1.37. The molecule has 5 heteroatoms. The van der Waals surface area contributed by atoms with Gasteiger partial charge in [-0.25, -0.2) is 4.79 Å². The SMILES string of the molecule is CCCCCCC(O)C(=O)OCC(C)(CO)CO. The zero-order chi connectivity index (χ0) is 14.0. The predicted molar refractivity (Wildman–Crippen MR) is 68.0 cm³/mol. The molecule has 0 aromatic rings. The maximum atomic E-state index is 11.4. The van der Waals surface area contributed by atoms with Gasteiger partial charge in [-0.1, -0.05) is 39.5 Å². The molecule has 0 aromatic carbocycles. The predicted octanol–water partition coefficient (Wildman–Crippen LogP) is 0.852. The molecule has 0 amide bonds. The van der Waals surface area contributed by atoms with Crippen molar-refractivity contribution < 1.29 is 24.9 Å². The van der Waals surface area contributed by atoms with Crippen molar-refractivity contribution in [1.29, 1.82) is 0 Å². The zero-order valence-corrected chi connectivity index (χ0v) is 11.4. The van der Waals surface area contributed by atoms with Crippen LogP contribution >= 0.6 is 0 Å². The average Bonchev–Trinajstić information content (AvgIpc) is 2.40. The van der Waals surface area contributed by atoms with Gasteiger partial charge in [0.2, 0.25) is 0 Å². The first-order valence-electron chi connectivity index (χ1n) is 6.55. The Bertz CT molecular complexity index is 225. The van der Waals surface area contributed by atoms with E-state index in [2.05, 4.69) is 6.92 Å². The smallest absolute Gasteiger partial charge is 0.334 e. The summed E-state index contributed by atoms with van der Waals surface area (Å²) < 4.78 is 4.90. The van der Waals surface area contributed by atoms with Crippen molar-refractivity contribution in [2.24, 2.45) is 5.41 Å². The standard InChI is InChI=1S/C13H26O5/c1-3-4-5-6-7-11(16)12(17)18-10-13(2,8-14)9-15/h11,14-16H,3-10H2,1-2H3. The van der Waals surface area contributed by atoms with E-state index in [-0.39, 0.29) is 19.8 Å². The van der Waals surface area contributed by atoms with Crippen molar-refractivity contribution in [3.8, 4) is 0 Å². The lowest BCUT2D eigenvalue weighted by atomic mass is 9.94. The average molecular weight is 262 g/mol. The topological polar surface area (TPSA) is 87.0 Å². The monoisotopic (exact) mass is 262 g/mol. The molecule has 0 aliphatic rings. The highest BCUT2D eigenvalue weighted by Crippen LogP contribution is 2.15. The normalized spacial score (nSPS) is 13.4. The van der Waals surface area contributed by atoms with Gasteiger partial charge >= 0.3 is 5.97 Å². The molecule has 0 saturated heterocycles. The van der Waals surface area contributed by atoms with E-state index in [4.69, 9.17) is 14.9 Å². The summed E-state index contributed by atoms with van der Waals surface area (Å²) in [6, 6.07) is 0. The Morgan fingerprint density at radius 1 is 1.22 bits per heavy atom. The quantitative estimate of drug-likeness (QED) is 0.401. The molecule has 0 bridgehead atoms. The summed E-state index contributed by atoms with van der Waals surface area (Å²) in [6.45, 7) is 3.06. The number of rotatable bonds is 10. The van der Waals surface area contributed by atoms with Gasteiger partial charge in [-0.15, -0.1) is 0 Å². The van der Waals surface area contributed by atoms with E-state index in [0.29, 0.717) is 6.42 Å². The minimum atomic E-state index is -1.11. The molecule has 1 atom stereocenters. The zero-order valence-electron chi connectivity index (χ0n) is 11.4. The van der Waals surface area contributed by atoms with Crippen molar-refractivity contribution in [2.45, 2.75) is 52.1 Å². The van der Waals surface area contributed by atoms with E-state index in [1.807, 2.05) is 0 Å². The Morgan fingerprint density at radius 2 is 1.83 bits per heavy atom. The van der Waals surface area contributed by atoms with Crippen LogP contribution in [0, 0.1) is 5.41 Å². The first-order chi connectivity index (χ1) is 8.49. The van der Waals surface area contributed by atoms with E-state index in [1.54, 1.807) is 6.92 Å². The van der Waals surface area contributed by atoms with E-state index in [0.717, 1.165) is 25.7 Å². The van der Waals surface area contributed by atoms with Gasteiger partial charge in [0.05, 0.1) is 13.2 Å². The van der Waals surface area contributed by atoms with Gasteiger partial charge in [-0.2, -0.15) is 0 Å². The van der Waals surface area contributed by atoms with Crippen molar-refractivity contribution in [3.05, 3.63) is 0 Å². The Balaban J connectivity index is 3.87. The molecule has 108 valence electrons. The molecule has 5 nitrogen and oxygen atoms in total. The van der Waals surface area contributed by atoms with Gasteiger partial charge in [0.25, 0.3) is 0 Å². The molecule has 0 saturated carbocycles. The van der Waals surface area contributed by atoms with Crippen LogP contribution in [0.3, 0.4) is 0 Å². The molecule has 1 unspecified atom stereocenters. The number of aliphatic hydroxyl groups is 3. The summed E-state index contributed by atoms with van der Waals surface area (Å²) in [5.41, 5.74) is -0.850. The highest BCUT2D eigenvalue weighted by atomic mass is 16.5. The van der Waals surface area contributed by atoms with Gasteiger partial charge in [0, 0.05) is 5.41 Å². The van der Waals surface area contributed by atoms with Gasteiger partial charge < -0.3 is 20.1 Å². The maximum Gasteiger partial charge on any atom is 0.334 e. The van der Waals surface area contributed by atoms with Crippen LogP contribution in [0.15, 0.2) is 0 Å². The van der Waals surface area contributed by atoms with Crippen LogP contribution < -0.4 is 0 Å². The largest absolute Gasteiger partial charge is 0.463 e. The number of ether oxygens (including phenoxy) is 1. The highest BCUT2D eigenvalue weighted by Gasteiger charge is 2.26. The Morgan fingerprint density at radius 3 is 2.33 bits per heavy atom. The summed E-state index contributed by atoms with van der Waals surface area (Å²) in [5, 5.41) is 27.6. The summed E-state index contributed by atoms with van der Waals surface area (Å²) in [4.78, 5) is 11.4. The third-order valence-electron chi connectivity index (χ3n) is 2.93. The first-order valence-corrected chi connectivity index (χ1v) is 6.55. The van der Waals surface area contributed by atoms with Gasteiger partial charge in [-0.05, 0) is 6.42 Å². The minimum absolute atomic E-state index is 0.0924. The van der Waals surface area contributed by atoms with E-state index in [1.165, 1.54) is 0 Å². The van der Waals surface area contributed by atoms with Gasteiger partial charge in [0.15, 0.2) is 6.10 Å². The van der Waals surface area contributed by atoms with E-state index >= 15 is 0 Å². The number of esters is 1. The number of aliphatic hydroxyl groups excluding tert-OH is 3. The van der Waals surface area contributed by atoms with Crippen LogP contribution in [0.4, 0.5) is 0 Å². The summed E-state index contributed by atoms with van der Waals surface area (Å²) in [6.07, 6.45) is 3.27. The summed E-state index contributed by atoms with van der Waals surface area (Å²) in [7, 11) is 0. The second kappa shape index (κ2) is 9.30. The molecule has 0 fully saturated rings. The lowest BCUT2D eigenvalue weighted by Gasteiger charge is -2.24. The van der Waals surface area contributed by atoms with E-state index < -0.39 is 17.5 Å². The number of carbonyl (C=O) groups excluding carboxylic acids is 1. The van der Waals surface area contributed by atoms with Crippen LogP contribution in [0.25, 0.3) is 0 Å². The van der Waals surface area contributed by atoms with Crippen molar-refractivity contribution in [2.75, 3.05) is 19.8 Å². The molecule has 0 aromatic heterocycles. The third kappa shape index (κ3) is 6.93. The van der Waals surface area contributed by atoms with Gasteiger partial charge in [0.1, 0.15) is 6.61 Å². The molecule has 0 aliphatic carbocycles. The van der Waals surface area contributed by atoms with Gasteiger partial charge in [-0.3, -0.25) is 0 Å². The fraction of sp³-hybridized carbons (Fsp3) is 0.923. The minimum Gasteiger partial charge on any atom is -0.463 e. The number of hydrogen-bond donors (Lipinski definition) is 3. The number of hydrogen-bond acceptors (Lipinski definition) is 5. The van der Waals surface area contributed by atoms with Crippen LogP contribution in [-0.4, -0.2) is 47.2 Å². The lowest BCUT2D eigenvalue weighted by Crippen LogP contribution is -2.35. The number of carbonyl (C=O) groups is 1. The van der Waals surface area contributed by atoms with Crippen molar-refractivity contribution in [3.63, 3.8) is 0 Å². The Kier molecular flexibility index (Phi) is 8.97. The second-order valence-electron chi connectivity index (χ2n) is 5.10. The fourth-order valence-corrected chi connectivity index (χ4v) is 1.37. The molecular weight excluding hydrogens is 236 g/mol. The Hall–Kier alpha value is -0.650. The van der Waals surface area contributed by atoms with Crippen LogP contribution in [-0.2, 0) is 9.53 Å². The third-order valence-corrected chi connectivity index (χ3v) is 2.93. The van der Waals surface area contributed by atoms with Crippen LogP contribution in [0.2, 0.25) is 0 Å². The van der Waals surface area contributed by atoms with E-state index in [9.17, 15) is 9.90 Å². The maximum absolute atomic E-state index is 11.4. The van der Waals surface area contributed by atoms with Crippen LogP contribution in [0.1, 0.15) is 46.0 Å². The Labute approximate surface area is 109 Å². The van der Waals surface area contributed by atoms with Crippen molar-refractivity contribution >= 4 is 5.97 Å². The highest BCUT2D eigenvalue weighted by molar-refractivity contribution is 5.74. The molecule has 0 radical (unpaired) electrons. The molecular formula is C13H26O5. The number of unbranched alkanes of at least 4 members (excludes halogenated alkanes) is 3. The molecule has 0 heterocycles. The molecule has 0 spiro atoms. The molecule has 3 N–H and O–H groups in total. The molecule has 0 rings (SSSR count). The summed E-state index contributed by atoms with van der Waals surface area (Å²) in [5.74, 6) is -0.681. The summed E-state index contributed by atoms with van der Waals surface area (Å²) >= 11 is 0.